The van der Waals surface area contributed by atoms with Crippen molar-refractivity contribution >= 4 is 5.91 Å². The number of likely N-dealkylation sites (tertiary alicyclic amines) is 1. The van der Waals surface area contributed by atoms with E-state index in [-0.39, 0.29) is 5.91 Å². The fourth-order valence-electron chi connectivity index (χ4n) is 3.59. The van der Waals surface area contributed by atoms with Crippen molar-refractivity contribution in [3.63, 3.8) is 0 Å². The van der Waals surface area contributed by atoms with Crippen LogP contribution in [0.2, 0.25) is 0 Å². The Morgan fingerprint density at radius 3 is 2.57 bits per heavy atom. The van der Waals surface area contributed by atoms with E-state index in [9.17, 15) is 4.79 Å². The van der Waals surface area contributed by atoms with Crippen LogP contribution >= 0.6 is 0 Å². The summed E-state index contributed by atoms with van der Waals surface area (Å²) >= 11 is 0. The van der Waals surface area contributed by atoms with Crippen molar-refractivity contribution in [2.45, 2.75) is 25.5 Å². The molecule has 0 aromatic heterocycles. The highest BCUT2D eigenvalue weighted by Crippen LogP contribution is 2.26. The van der Waals surface area contributed by atoms with Gasteiger partial charge in [0.2, 0.25) is 0 Å². The molecule has 3 saturated heterocycles. The molecule has 0 aromatic carbocycles. The van der Waals surface area contributed by atoms with Gasteiger partial charge in [-0.25, -0.2) is 0 Å². The molecular weight excluding hydrogens is 272 g/mol. The molecule has 3 heterocycles. The summed E-state index contributed by atoms with van der Waals surface area (Å²) in [5.74, 6) is 0.653. The molecule has 3 aliphatic heterocycles. The molecule has 0 N–H and O–H groups in total. The predicted molar refractivity (Wildman–Crippen MR) is 77.1 cm³/mol. The van der Waals surface area contributed by atoms with E-state index in [0.29, 0.717) is 31.8 Å². The molecule has 3 aliphatic rings. The number of hydrogen-bond donors (Lipinski definition) is 0. The molecule has 3 atom stereocenters. The molecule has 0 aromatic rings. The van der Waals surface area contributed by atoms with E-state index in [1.807, 2.05) is 4.90 Å². The lowest BCUT2D eigenvalue weighted by molar-refractivity contribution is -0.157. The first-order chi connectivity index (χ1) is 10.3. The van der Waals surface area contributed by atoms with Crippen molar-refractivity contribution in [3.05, 3.63) is 0 Å². The summed E-state index contributed by atoms with van der Waals surface area (Å²) in [6.07, 6.45) is 0.702. The first-order valence-corrected chi connectivity index (χ1v) is 8.09. The number of ether oxygens (including phenoxy) is 3. The standard InChI is InChI=1S/C15H26N2O4/c1-2-12-9-17(15(18)14-11-20-7-8-21-14)10-13(12)16-3-5-19-6-4-16/h12-14H,2-11H2,1H3/t12-,13-,14-/m1/s1. The molecule has 0 saturated carbocycles. The molecule has 0 bridgehead atoms. The van der Waals surface area contributed by atoms with E-state index in [2.05, 4.69) is 11.8 Å². The Balaban J connectivity index is 1.61. The second-order valence-corrected chi connectivity index (χ2v) is 6.06. The lowest BCUT2D eigenvalue weighted by Crippen LogP contribution is -2.48. The van der Waals surface area contributed by atoms with E-state index in [1.165, 1.54) is 0 Å². The Morgan fingerprint density at radius 2 is 1.90 bits per heavy atom. The summed E-state index contributed by atoms with van der Waals surface area (Å²) in [5.41, 5.74) is 0. The predicted octanol–water partition coefficient (Wildman–Crippen LogP) is -0.0290. The van der Waals surface area contributed by atoms with Gasteiger partial charge in [0.15, 0.2) is 6.10 Å². The zero-order valence-electron chi connectivity index (χ0n) is 12.8. The summed E-state index contributed by atoms with van der Waals surface area (Å²) < 4.78 is 16.4. The van der Waals surface area contributed by atoms with Crippen molar-refractivity contribution in [3.8, 4) is 0 Å². The van der Waals surface area contributed by atoms with Gasteiger partial charge in [0, 0.05) is 32.2 Å². The Morgan fingerprint density at radius 1 is 1.10 bits per heavy atom. The third kappa shape index (κ3) is 3.39. The summed E-state index contributed by atoms with van der Waals surface area (Å²) in [4.78, 5) is 17.0. The van der Waals surface area contributed by atoms with Crippen LogP contribution in [0.15, 0.2) is 0 Å². The highest BCUT2D eigenvalue weighted by molar-refractivity contribution is 5.81. The average Bonchev–Trinajstić information content (AvgIpc) is 3.00. The molecular formula is C15H26N2O4. The van der Waals surface area contributed by atoms with Crippen LogP contribution in [0.3, 0.4) is 0 Å². The smallest absolute Gasteiger partial charge is 0.254 e. The Hall–Kier alpha value is -0.690. The van der Waals surface area contributed by atoms with E-state index in [0.717, 1.165) is 45.8 Å². The Kier molecular flexibility index (Phi) is 5.11. The molecule has 0 spiro atoms. The van der Waals surface area contributed by atoms with Crippen LogP contribution in [-0.4, -0.2) is 87.1 Å². The minimum Gasteiger partial charge on any atom is -0.379 e. The third-order valence-corrected chi connectivity index (χ3v) is 4.85. The maximum absolute atomic E-state index is 12.6. The fraction of sp³-hybridized carbons (Fsp3) is 0.933. The molecule has 0 radical (unpaired) electrons. The highest BCUT2D eigenvalue weighted by Gasteiger charge is 2.40. The second kappa shape index (κ2) is 7.05. The summed E-state index contributed by atoms with van der Waals surface area (Å²) in [6, 6.07) is 0.465. The molecule has 120 valence electrons. The normalized spacial score (nSPS) is 35.1. The topological polar surface area (TPSA) is 51.2 Å². The molecule has 0 aliphatic carbocycles. The zero-order chi connectivity index (χ0) is 14.7. The average molecular weight is 298 g/mol. The molecule has 1 amide bonds. The Labute approximate surface area is 126 Å². The van der Waals surface area contributed by atoms with Crippen LogP contribution < -0.4 is 0 Å². The molecule has 6 heteroatoms. The first-order valence-electron chi connectivity index (χ1n) is 8.09. The maximum atomic E-state index is 12.6. The second-order valence-electron chi connectivity index (χ2n) is 6.06. The SMILES string of the molecule is CC[C@@H]1CN(C(=O)[C@H]2COCCO2)C[C@H]1N1CCOCC1. The van der Waals surface area contributed by atoms with Crippen molar-refractivity contribution in [2.24, 2.45) is 5.92 Å². The van der Waals surface area contributed by atoms with Gasteiger partial charge in [0.05, 0.1) is 33.0 Å². The monoisotopic (exact) mass is 298 g/mol. The van der Waals surface area contributed by atoms with Gasteiger partial charge in [-0.3, -0.25) is 9.69 Å². The van der Waals surface area contributed by atoms with Crippen molar-refractivity contribution < 1.29 is 19.0 Å². The highest BCUT2D eigenvalue weighted by atomic mass is 16.6. The minimum atomic E-state index is -0.403. The minimum absolute atomic E-state index is 0.101. The number of morpholine rings is 1. The summed E-state index contributed by atoms with van der Waals surface area (Å²) in [7, 11) is 0. The van der Waals surface area contributed by atoms with Crippen molar-refractivity contribution in [1.29, 1.82) is 0 Å². The number of amides is 1. The van der Waals surface area contributed by atoms with Gasteiger partial charge >= 0.3 is 0 Å². The quantitative estimate of drug-likeness (QED) is 0.732. The van der Waals surface area contributed by atoms with Gasteiger partial charge in [0.25, 0.3) is 5.91 Å². The molecule has 3 fully saturated rings. The zero-order valence-corrected chi connectivity index (χ0v) is 12.8. The number of carbonyl (C=O) groups is 1. The van der Waals surface area contributed by atoms with Crippen LogP contribution in [0.5, 0.6) is 0 Å². The van der Waals surface area contributed by atoms with E-state index in [1.54, 1.807) is 0 Å². The van der Waals surface area contributed by atoms with E-state index in [4.69, 9.17) is 14.2 Å². The number of carbonyl (C=O) groups excluding carboxylic acids is 1. The van der Waals surface area contributed by atoms with Gasteiger partial charge in [-0.15, -0.1) is 0 Å². The van der Waals surface area contributed by atoms with E-state index < -0.39 is 6.10 Å². The van der Waals surface area contributed by atoms with E-state index >= 15 is 0 Å². The maximum Gasteiger partial charge on any atom is 0.254 e. The summed E-state index contributed by atoms with van der Waals surface area (Å²) in [5, 5.41) is 0. The lowest BCUT2D eigenvalue weighted by Gasteiger charge is -2.34. The molecule has 21 heavy (non-hydrogen) atoms. The van der Waals surface area contributed by atoms with Gasteiger partial charge in [-0.05, 0) is 5.92 Å². The van der Waals surface area contributed by atoms with Crippen LogP contribution in [0.4, 0.5) is 0 Å². The van der Waals surface area contributed by atoms with Crippen molar-refractivity contribution in [1.82, 2.24) is 9.80 Å². The van der Waals surface area contributed by atoms with Gasteiger partial charge < -0.3 is 19.1 Å². The summed E-state index contributed by atoms with van der Waals surface area (Å²) in [6.45, 7) is 8.96. The van der Waals surface area contributed by atoms with Gasteiger partial charge in [-0.1, -0.05) is 13.3 Å². The third-order valence-electron chi connectivity index (χ3n) is 4.85. The number of nitrogens with zero attached hydrogens (tertiary/aromatic N) is 2. The van der Waals surface area contributed by atoms with Gasteiger partial charge in [-0.2, -0.15) is 0 Å². The molecule has 0 unspecified atom stereocenters. The van der Waals surface area contributed by atoms with Crippen LogP contribution in [0, 0.1) is 5.92 Å². The van der Waals surface area contributed by atoms with Crippen LogP contribution in [0.25, 0.3) is 0 Å². The number of hydrogen-bond acceptors (Lipinski definition) is 5. The number of rotatable bonds is 3. The van der Waals surface area contributed by atoms with Crippen LogP contribution in [0.1, 0.15) is 13.3 Å². The van der Waals surface area contributed by atoms with Crippen molar-refractivity contribution in [2.75, 3.05) is 59.2 Å². The molecule has 3 rings (SSSR count). The lowest BCUT2D eigenvalue weighted by atomic mass is 9.99. The molecule has 6 nitrogen and oxygen atoms in total. The Bertz CT molecular complexity index is 354. The largest absolute Gasteiger partial charge is 0.379 e. The fourth-order valence-corrected chi connectivity index (χ4v) is 3.59. The van der Waals surface area contributed by atoms with Gasteiger partial charge in [0.1, 0.15) is 0 Å². The first kappa shape index (κ1) is 15.2. The van der Waals surface area contributed by atoms with Crippen LogP contribution in [-0.2, 0) is 19.0 Å².